The molecule has 1 aromatic carbocycles. The highest BCUT2D eigenvalue weighted by Crippen LogP contribution is 2.26. The van der Waals surface area contributed by atoms with E-state index in [2.05, 4.69) is 31.2 Å². The quantitative estimate of drug-likeness (QED) is 0.292. The number of pyridine rings is 1. The lowest BCUT2D eigenvalue weighted by Crippen LogP contribution is -2.13. The highest BCUT2D eigenvalue weighted by atomic mass is 79.9. The number of carbonyl (C=O) groups excluding carboxylic acids is 1. The molecule has 0 radical (unpaired) electrons. The van der Waals surface area contributed by atoms with E-state index in [1.807, 2.05) is 6.19 Å². The van der Waals surface area contributed by atoms with Gasteiger partial charge in [-0.2, -0.15) is 5.26 Å². The molecule has 0 aliphatic rings. The molecule has 0 amide bonds. The number of hydrogen-bond acceptors (Lipinski definition) is 5. The summed E-state index contributed by atoms with van der Waals surface area (Å²) in [6.07, 6.45) is 5.18. The molecule has 110 valence electrons. The van der Waals surface area contributed by atoms with Gasteiger partial charge in [-0.05, 0) is 36.6 Å². The first-order chi connectivity index (χ1) is 10.7. The van der Waals surface area contributed by atoms with E-state index in [1.54, 1.807) is 48.9 Å². The molecule has 0 aliphatic carbocycles. The topological polar surface area (TPSA) is 78.1 Å². The molecule has 0 fully saturated rings. The minimum absolute atomic E-state index is 0.224. The van der Waals surface area contributed by atoms with Gasteiger partial charge in [0.1, 0.15) is 5.69 Å². The predicted octanol–water partition coefficient (Wildman–Crippen LogP) is 3.50. The van der Waals surface area contributed by atoms with Crippen molar-refractivity contribution in [1.82, 2.24) is 10.3 Å². The molecular weight excluding hydrogens is 364 g/mol. The number of hydrogen-bond donors (Lipinski definition) is 1. The number of thioether (sulfide) groups is 1. The minimum atomic E-state index is -0.224. The summed E-state index contributed by atoms with van der Waals surface area (Å²) in [5.41, 5.74) is 1.24. The number of ketones is 1. The van der Waals surface area contributed by atoms with Crippen molar-refractivity contribution in [3.63, 3.8) is 0 Å². The second kappa shape index (κ2) is 7.73. The lowest BCUT2D eigenvalue weighted by molar-refractivity contribution is 0.103. The van der Waals surface area contributed by atoms with Crippen LogP contribution in [0.2, 0.25) is 0 Å². The maximum Gasteiger partial charge on any atom is 0.213 e. The Labute approximate surface area is 140 Å². The summed E-state index contributed by atoms with van der Waals surface area (Å²) in [4.78, 5) is 21.0. The van der Waals surface area contributed by atoms with E-state index in [9.17, 15) is 4.79 Å². The monoisotopic (exact) mass is 374 g/mol. The van der Waals surface area contributed by atoms with Crippen molar-refractivity contribution < 1.29 is 4.79 Å². The summed E-state index contributed by atoms with van der Waals surface area (Å²) in [6, 6.07) is 10.4. The van der Waals surface area contributed by atoms with Gasteiger partial charge in [0.2, 0.25) is 5.78 Å². The van der Waals surface area contributed by atoms with Gasteiger partial charge < -0.3 is 0 Å². The fourth-order valence-electron chi connectivity index (χ4n) is 1.70. The fraction of sp³-hybridized carbons (Fsp3) is 0.0667. The number of carbonyl (C=O) groups is 1. The average molecular weight is 375 g/mol. The Balaban J connectivity index is 2.49. The molecule has 7 heteroatoms. The highest BCUT2D eigenvalue weighted by molar-refractivity contribution is 9.10. The lowest BCUT2D eigenvalue weighted by atomic mass is 10.1. The summed E-state index contributed by atoms with van der Waals surface area (Å²) in [5, 5.41) is 11.6. The van der Waals surface area contributed by atoms with E-state index >= 15 is 0 Å². The highest BCUT2D eigenvalue weighted by Gasteiger charge is 2.15. The van der Waals surface area contributed by atoms with E-state index < -0.39 is 0 Å². The largest absolute Gasteiger partial charge is 0.287 e. The van der Waals surface area contributed by atoms with Crippen LogP contribution in [0.4, 0.5) is 5.69 Å². The van der Waals surface area contributed by atoms with E-state index in [0.717, 1.165) is 4.47 Å². The molecule has 2 aromatic rings. The summed E-state index contributed by atoms with van der Waals surface area (Å²) in [6.45, 7) is 0. The number of aliphatic imine (C=N–C) groups is 1. The Bertz CT molecular complexity index is 756. The first kappa shape index (κ1) is 16.2. The van der Waals surface area contributed by atoms with Gasteiger partial charge in [0, 0.05) is 10.7 Å². The van der Waals surface area contributed by atoms with Gasteiger partial charge in [-0.3, -0.25) is 15.1 Å². The van der Waals surface area contributed by atoms with Gasteiger partial charge in [-0.1, -0.05) is 33.8 Å². The SMILES string of the molecule is CSC(=Nc1ccc(Br)cc1C(=O)c1ccccn1)NC#N. The number of rotatable bonds is 3. The van der Waals surface area contributed by atoms with Crippen LogP contribution in [-0.2, 0) is 0 Å². The molecule has 0 saturated carbocycles. The second-order valence-corrected chi connectivity index (χ2v) is 5.77. The molecule has 0 bridgehead atoms. The summed E-state index contributed by atoms with van der Waals surface area (Å²) in [7, 11) is 0. The zero-order chi connectivity index (χ0) is 15.9. The van der Waals surface area contributed by atoms with Gasteiger partial charge >= 0.3 is 0 Å². The zero-order valence-corrected chi connectivity index (χ0v) is 14.0. The van der Waals surface area contributed by atoms with Crippen LogP contribution in [0.1, 0.15) is 16.1 Å². The van der Waals surface area contributed by atoms with Crippen molar-refractivity contribution in [3.8, 4) is 6.19 Å². The Morgan fingerprint density at radius 2 is 2.23 bits per heavy atom. The first-order valence-electron chi connectivity index (χ1n) is 6.18. The van der Waals surface area contributed by atoms with Crippen LogP contribution in [0.15, 0.2) is 52.1 Å². The predicted molar refractivity (Wildman–Crippen MR) is 91.2 cm³/mol. The van der Waals surface area contributed by atoms with Crippen LogP contribution < -0.4 is 5.32 Å². The van der Waals surface area contributed by atoms with Crippen LogP contribution in [0.25, 0.3) is 0 Å². The number of benzene rings is 1. The number of amidine groups is 1. The number of nitrogens with zero attached hydrogens (tertiary/aromatic N) is 3. The first-order valence-corrected chi connectivity index (χ1v) is 8.20. The van der Waals surface area contributed by atoms with Crippen LogP contribution in [-0.4, -0.2) is 22.2 Å². The van der Waals surface area contributed by atoms with Crippen LogP contribution >= 0.6 is 27.7 Å². The van der Waals surface area contributed by atoms with E-state index in [4.69, 9.17) is 5.26 Å². The number of halogens is 1. The normalized spacial score (nSPS) is 10.9. The van der Waals surface area contributed by atoms with Gasteiger partial charge in [0.05, 0.1) is 11.3 Å². The molecule has 0 atom stereocenters. The number of aromatic nitrogens is 1. The van der Waals surface area contributed by atoms with Crippen molar-refractivity contribution in [3.05, 3.63) is 58.3 Å². The molecule has 0 unspecified atom stereocenters. The maximum atomic E-state index is 12.6. The third-order valence-corrected chi connectivity index (χ3v) is 3.75. The molecular formula is C15H11BrN4OS. The van der Waals surface area contributed by atoms with Crippen molar-refractivity contribution in [2.24, 2.45) is 4.99 Å². The Hall–Kier alpha value is -2.17. The van der Waals surface area contributed by atoms with E-state index in [1.165, 1.54) is 11.8 Å². The molecule has 1 N–H and O–H groups in total. The zero-order valence-electron chi connectivity index (χ0n) is 11.6. The Kier molecular flexibility index (Phi) is 5.69. The van der Waals surface area contributed by atoms with Crippen molar-refractivity contribution in [1.29, 1.82) is 5.26 Å². The fourth-order valence-corrected chi connectivity index (χ4v) is 2.40. The smallest absolute Gasteiger partial charge is 0.213 e. The van der Waals surface area contributed by atoms with Crippen molar-refractivity contribution in [2.75, 3.05) is 6.26 Å². The summed E-state index contributed by atoms with van der Waals surface area (Å²) < 4.78 is 0.768. The number of nitrogens with one attached hydrogen (secondary N) is 1. The average Bonchev–Trinajstić information content (AvgIpc) is 2.56. The molecule has 2 rings (SSSR count). The summed E-state index contributed by atoms with van der Waals surface area (Å²) in [5.74, 6) is -0.224. The van der Waals surface area contributed by atoms with Crippen LogP contribution in [0.3, 0.4) is 0 Å². The Morgan fingerprint density at radius 3 is 2.86 bits per heavy atom. The third-order valence-electron chi connectivity index (χ3n) is 2.68. The Morgan fingerprint density at radius 1 is 1.41 bits per heavy atom. The lowest BCUT2D eigenvalue weighted by Gasteiger charge is -2.07. The maximum absolute atomic E-state index is 12.6. The molecule has 5 nitrogen and oxygen atoms in total. The standard InChI is InChI=1S/C15H11BrN4OS/c1-22-15(19-9-17)20-12-6-5-10(16)8-11(12)14(21)13-4-2-3-7-18-13/h2-8H,1H3,(H,19,20). The van der Waals surface area contributed by atoms with Crippen LogP contribution in [0.5, 0.6) is 0 Å². The van der Waals surface area contributed by atoms with Gasteiger partial charge in [0.25, 0.3) is 0 Å². The van der Waals surface area contributed by atoms with Gasteiger partial charge in [0.15, 0.2) is 11.4 Å². The molecule has 1 aromatic heterocycles. The van der Waals surface area contributed by atoms with Crippen LogP contribution in [0, 0.1) is 11.5 Å². The van der Waals surface area contributed by atoms with E-state index in [0.29, 0.717) is 22.1 Å². The molecule has 0 spiro atoms. The molecule has 0 saturated heterocycles. The molecule has 1 heterocycles. The second-order valence-electron chi connectivity index (χ2n) is 4.06. The summed E-state index contributed by atoms with van der Waals surface area (Å²) >= 11 is 4.64. The van der Waals surface area contributed by atoms with Crippen molar-refractivity contribution in [2.45, 2.75) is 0 Å². The minimum Gasteiger partial charge on any atom is -0.287 e. The van der Waals surface area contributed by atoms with E-state index in [-0.39, 0.29) is 5.78 Å². The number of nitriles is 1. The third kappa shape index (κ3) is 3.93. The van der Waals surface area contributed by atoms with Gasteiger partial charge in [-0.15, -0.1) is 0 Å². The van der Waals surface area contributed by atoms with Crippen molar-refractivity contribution >= 4 is 44.3 Å². The molecule has 22 heavy (non-hydrogen) atoms. The molecule has 0 aliphatic heterocycles. The van der Waals surface area contributed by atoms with Gasteiger partial charge in [-0.25, -0.2) is 4.99 Å².